The van der Waals surface area contributed by atoms with Gasteiger partial charge in [0.25, 0.3) is 0 Å². The van der Waals surface area contributed by atoms with Gasteiger partial charge < -0.3 is 19.9 Å². The number of halogens is 1. The third-order valence-electron chi connectivity index (χ3n) is 7.65. The number of aliphatic hydroxyl groups excluding tert-OH is 1. The van der Waals surface area contributed by atoms with Crippen LogP contribution in [-0.4, -0.2) is 91.9 Å². The standard InChI is InChI=1S/C28H36ClN3O6S/c29-21-6-9-25(10-7-21)39(35,36)32-17-23(33)18-37-19-27-26(32)11-8-24(38-27)14-28(34)30-22-12-13-31(16-22)15-20-4-2-1-3-5-20/h1-7,9-10,22-24,26-27,33H,8,11-19H2,(H,30,34)/t22-,23-,24+,26-,27+/m0/s1. The lowest BCUT2D eigenvalue weighted by molar-refractivity contribution is -0.146. The van der Waals surface area contributed by atoms with Gasteiger partial charge in [-0.2, -0.15) is 4.31 Å². The highest BCUT2D eigenvalue weighted by molar-refractivity contribution is 7.89. The van der Waals surface area contributed by atoms with Crippen LogP contribution in [0.5, 0.6) is 0 Å². The number of β-amino-alcohol motifs (C(OH)–C–C–N with tert-alkyl or cyclic N) is 1. The largest absolute Gasteiger partial charge is 0.389 e. The average molecular weight is 578 g/mol. The highest BCUT2D eigenvalue weighted by atomic mass is 35.5. The minimum atomic E-state index is -3.91. The Balaban J connectivity index is 1.18. The molecule has 0 aromatic heterocycles. The van der Waals surface area contributed by atoms with Crippen LogP contribution in [0, 0.1) is 0 Å². The Hall–Kier alpha value is -2.05. The van der Waals surface area contributed by atoms with E-state index in [1.54, 1.807) is 0 Å². The van der Waals surface area contributed by atoms with E-state index in [1.807, 2.05) is 18.2 Å². The Kier molecular flexibility index (Phi) is 9.23. The number of carbonyl (C=O) groups is 1. The van der Waals surface area contributed by atoms with E-state index >= 15 is 0 Å². The number of carbonyl (C=O) groups excluding carboxylic acids is 1. The van der Waals surface area contributed by atoms with Gasteiger partial charge in [0.15, 0.2) is 0 Å². The number of rotatable bonds is 7. The SMILES string of the molecule is O=C(C[C@H]1CC[C@H]2[C@@H](COC[C@@H](O)CN2S(=O)(=O)c2ccc(Cl)cc2)O1)N[C@H]1CCN(Cc2ccccc2)C1. The second-order valence-corrected chi connectivity index (χ2v) is 13.0. The molecule has 3 saturated heterocycles. The van der Waals surface area contributed by atoms with Gasteiger partial charge in [-0.05, 0) is 49.1 Å². The summed E-state index contributed by atoms with van der Waals surface area (Å²) in [6.07, 6.45) is 0.319. The third kappa shape index (κ3) is 7.18. The molecule has 2 aromatic rings. The molecule has 1 amide bonds. The molecule has 39 heavy (non-hydrogen) atoms. The molecule has 0 saturated carbocycles. The van der Waals surface area contributed by atoms with Gasteiger partial charge in [-0.25, -0.2) is 8.42 Å². The van der Waals surface area contributed by atoms with Crippen molar-refractivity contribution in [3.63, 3.8) is 0 Å². The van der Waals surface area contributed by atoms with Crippen LogP contribution in [0.15, 0.2) is 59.5 Å². The smallest absolute Gasteiger partial charge is 0.243 e. The molecular weight excluding hydrogens is 542 g/mol. The molecule has 3 aliphatic heterocycles. The molecule has 0 aliphatic carbocycles. The summed E-state index contributed by atoms with van der Waals surface area (Å²) >= 11 is 5.96. The lowest BCUT2D eigenvalue weighted by Crippen LogP contribution is -2.57. The summed E-state index contributed by atoms with van der Waals surface area (Å²) in [7, 11) is -3.91. The molecule has 3 heterocycles. The molecule has 0 radical (unpaired) electrons. The van der Waals surface area contributed by atoms with Gasteiger partial charge in [0.05, 0.1) is 48.9 Å². The molecule has 9 nitrogen and oxygen atoms in total. The molecular formula is C28H36ClN3O6S. The molecule has 2 N–H and O–H groups in total. The fraction of sp³-hybridized carbons (Fsp3) is 0.536. The van der Waals surface area contributed by atoms with Crippen molar-refractivity contribution in [2.24, 2.45) is 0 Å². The summed E-state index contributed by atoms with van der Waals surface area (Å²) in [4.78, 5) is 15.4. The number of hydrogen-bond acceptors (Lipinski definition) is 7. The fourth-order valence-corrected chi connectivity index (χ4v) is 7.58. The van der Waals surface area contributed by atoms with Crippen LogP contribution in [0.4, 0.5) is 0 Å². The summed E-state index contributed by atoms with van der Waals surface area (Å²) < 4.78 is 40.4. The number of aliphatic hydroxyl groups is 1. The molecule has 3 fully saturated rings. The maximum absolute atomic E-state index is 13.6. The molecule has 3 aliphatic rings. The number of sulfonamides is 1. The van der Waals surface area contributed by atoms with Crippen molar-refractivity contribution in [1.82, 2.24) is 14.5 Å². The Bertz CT molecular complexity index is 1220. The molecule has 5 atom stereocenters. The Labute approximate surface area is 235 Å². The molecule has 0 unspecified atom stereocenters. The number of benzene rings is 2. The van der Waals surface area contributed by atoms with Crippen molar-refractivity contribution in [2.45, 2.75) is 67.5 Å². The van der Waals surface area contributed by atoms with Crippen LogP contribution in [-0.2, 0) is 30.8 Å². The summed E-state index contributed by atoms with van der Waals surface area (Å²) in [5, 5.41) is 14.0. The highest BCUT2D eigenvalue weighted by Gasteiger charge is 2.43. The van der Waals surface area contributed by atoms with Crippen LogP contribution in [0.1, 0.15) is 31.2 Å². The van der Waals surface area contributed by atoms with Gasteiger partial charge in [0.2, 0.25) is 15.9 Å². The topological polar surface area (TPSA) is 108 Å². The first-order valence-electron chi connectivity index (χ1n) is 13.5. The zero-order chi connectivity index (χ0) is 27.4. The van der Waals surface area contributed by atoms with Crippen LogP contribution in [0.25, 0.3) is 0 Å². The second-order valence-electron chi connectivity index (χ2n) is 10.6. The van der Waals surface area contributed by atoms with E-state index < -0.39 is 28.3 Å². The molecule has 0 spiro atoms. The van der Waals surface area contributed by atoms with Crippen molar-refractivity contribution in [2.75, 3.05) is 32.8 Å². The van der Waals surface area contributed by atoms with Gasteiger partial charge >= 0.3 is 0 Å². The van der Waals surface area contributed by atoms with E-state index in [1.165, 1.54) is 34.1 Å². The monoisotopic (exact) mass is 577 g/mol. The van der Waals surface area contributed by atoms with Crippen molar-refractivity contribution in [3.8, 4) is 0 Å². The van der Waals surface area contributed by atoms with Crippen LogP contribution in [0.3, 0.4) is 0 Å². The fourth-order valence-electron chi connectivity index (χ4n) is 5.74. The number of nitrogens with zero attached hydrogens (tertiary/aromatic N) is 2. The van der Waals surface area contributed by atoms with Gasteiger partial charge in [-0.3, -0.25) is 9.69 Å². The van der Waals surface area contributed by atoms with Crippen LogP contribution >= 0.6 is 11.6 Å². The number of hydrogen-bond donors (Lipinski definition) is 2. The Morgan fingerprint density at radius 3 is 2.56 bits per heavy atom. The average Bonchev–Trinajstić information content (AvgIpc) is 3.33. The summed E-state index contributed by atoms with van der Waals surface area (Å²) in [5.74, 6) is -0.0576. The van der Waals surface area contributed by atoms with E-state index in [2.05, 4.69) is 22.3 Å². The number of fused-ring (bicyclic) bond motifs is 1. The van der Waals surface area contributed by atoms with E-state index in [-0.39, 0.29) is 49.1 Å². The molecule has 2 aromatic carbocycles. The summed E-state index contributed by atoms with van der Waals surface area (Å²) in [6.45, 7) is 2.66. The van der Waals surface area contributed by atoms with Crippen molar-refractivity contribution in [1.29, 1.82) is 0 Å². The maximum atomic E-state index is 13.6. The summed E-state index contributed by atoms with van der Waals surface area (Å²) in [5.41, 5.74) is 1.26. The van der Waals surface area contributed by atoms with Gasteiger partial charge in [0, 0.05) is 37.2 Å². The van der Waals surface area contributed by atoms with E-state index in [0.29, 0.717) is 17.9 Å². The molecule has 0 bridgehead atoms. The predicted molar refractivity (Wildman–Crippen MR) is 147 cm³/mol. The lowest BCUT2D eigenvalue weighted by Gasteiger charge is -2.43. The lowest BCUT2D eigenvalue weighted by atomic mass is 9.96. The first-order valence-corrected chi connectivity index (χ1v) is 15.3. The van der Waals surface area contributed by atoms with E-state index in [9.17, 15) is 18.3 Å². The minimum absolute atomic E-state index is 0.00549. The van der Waals surface area contributed by atoms with E-state index in [0.717, 1.165) is 26.1 Å². The number of ether oxygens (including phenoxy) is 2. The number of amides is 1. The quantitative estimate of drug-likeness (QED) is 0.520. The van der Waals surface area contributed by atoms with Crippen molar-refractivity contribution in [3.05, 3.63) is 65.2 Å². The molecule has 11 heteroatoms. The molecule has 5 rings (SSSR count). The van der Waals surface area contributed by atoms with Crippen LogP contribution < -0.4 is 5.32 Å². The number of nitrogens with one attached hydrogen (secondary N) is 1. The van der Waals surface area contributed by atoms with Gasteiger partial charge in [-0.1, -0.05) is 41.9 Å². The summed E-state index contributed by atoms with van der Waals surface area (Å²) in [6, 6.07) is 15.9. The predicted octanol–water partition coefficient (Wildman–Crippen LogP) is 2.42. The zero-order valence-electron chi connectivity index (χ0n) is 21.8. The maximum Gasteiger partial charge on any atom is 0.243 e. The minimum Gasteiger partial charge on any atom is -0.389 e. The zero-order valence-corrected chi connectivity index (χ0v) is 23.4. The van der Waals surface area contributed by atoms with Crippen molar-refractivity contribution >= 4 is 27.5 Å². The Morgan fingerprint density at radius 1 is 1.03 bits per heavy atom. The highest BCUT2D eigenvalue weighted by Crippen LogP contribution is 2.32. The third-order valence-corrected chi connectivity index (χ3v) is 9.81. The van der Waals surface area contributed by atoms with Gasteiger partial charge in [0.1, 0.15) is 0 Å². The molecule has 212 valence electrons. The van der Waals surface area contributed by atoms with E-state index in [4.69, 9.17) is 21.1 Å². The van der Waals surface area contributed by atoms with Crippen molar-refractivity contribution < 1.29 is 27.8 Å². The first kappa shape index (κ1) is 28.5. The second kappa shape index (κ2) is 12.6. The van der Waals surface area contributed by atoms with Crippen LogP contribution in [0.2, 0.25) is 5.02 Å². The normalized spacial score (nSPS) is 28.8. The first-order chi connectivity index (χ1) is 18.8. The number of likely N-dealkylation sites (tertiary alicyclic amines) is 1. The Morgan fingerprint density at radius 2 is 1.79 bits per heavy atom. The van der Waals surface area contributed by atoms with Gasteiger partial charge in [-0.15, -0.1) is 0 Å².